The zero-order chi connectivity index (χ0) is 16.2. The van der Waals surface area contributed by atoms with Crippen LogP contribution in [0.5, 0.6) is 11.5 Å². The Morgan fingerprint density at radius 2 is 1.68 bits per heavy atom. The van der Waals surface area contributed by atoms with Crippen molar-refractivity contribution in [2.24, 2.45) is 0 Å². The number of aliphatic hydroxyl groups is 1. The Morgan fingerprint density at radius 3 is 2.27 bits per heavy atom. The molecule has 0 heterocycles. The first-order valence-corrected chi connectivity index (χ1v) is 7.63. The first-order valence-electron chi connectivity index (χ1n) is 7.63. The summed E-state index contributed by atoms with van der Waals surface area (Å²) in [5.74, 6) is 0.795. The topological polar surface area (TPSA) is 49.7 Å². The van der Waals surface area contributed by atoms with E-state index < -0.39 is 6.10 Å². The van der Waals surface area contributed by atoms with Gasteiger partial charge in [-0.05, 0) is 35.6 Å². The number of aromatic hydroxyl groups is 1. The van der Waals surface area contributed by atoms with Crippen LogP contribution in [0.25, 0.3) is 0 Å². The number of para-hydroxylation sites is 1. The fourth-order valence-electron chi connectivity index (χ4n) is 2.24. The molecule has 0 amide bonds. The first-order chi connectivity index (χ1) is 10.4. The van der Waals surface area contributed by atoms with E-state index in [9.17, 15) is 10.2 Å². The third-order valence-corrected chi connectivity index (χ3v) is 4.22. The van der Waals surface area contributed by atoms with Crippen molar-refractivity contribution in [3.8, 4) is 11.5 Å². The maximum atomic E-state index is 10.1. The van der Waals surface area contributed by atoms with Gasteiger partial charge in [-0.1, -0.05) is 51.1 Å². The largest absolute Gasteiger partial charge is 0.508 e. The van der Waals surface area contributed by atoms with Gasteiger partial charge in [-0.25, -0.2) is 0 Å². The van der Waals surface area contributed by atoms with E-state index in [1.54, 1.807) is 24.3 Å². The maximum absolute atomic E-state index is 10.1. The van der Waals surface area contributed by atoms with E-state index in [-0.39, 0.29) is 17.8 Å². The lowest BCUT2D eigenvalue weighted by Crippen LogP contribution is -2.15. The lowest BCUT2D eigenvalue weighted by Gasteiger charge is -2.23. The molecule has 0 aliphatic rings. The minimum atomic E-state index is -0.854. The van der Waals surface area contributed by atoms with Gasteiger partial charge in [0.05, 0.1) is 0 Å². The standard InChI is InChI=1S/C19H24O3/c1-4-19(2,3)14-9-11-15(12-10-14)22-13-18(21)16-7-5-6-8-17(16)20/h5-12,18,20-21H,4,13H2,1-3H3. The third-order valence-electron chi connectivity index (χ3n) is 4.22. The van der Waals surface area contributed by atoms with Gasteiger partial charge in [0.15, 0.2) is 0 Å². The van der Waals surface area contributed by atoms with Crippen LogP contribution in [-0.4, -0.2) is 16.8 Å². The van der Waals surface area contributed by atoms with E-state index in [2.05, 4.69) is 32.9 Å². The molecule has 2 N–H and O–H groups in total. The lowest BCUT2D eigenvalue weighted by atomic mass is 9.82. The van der Waals surface area contributed by atoms with Gasteiger partial charge in [0.2, 0.25) is 0 Å². The number of phenols is 1. The second-order valence-corrected chi connectivity index (χ2v) is 6.15. The monoisotopic (exact) mass is 300 g/mol. The van der Waals surface area contributed by atoms with Crippen molar-refractivity contribution < 1.29 is 14.9 Å². The molecule has 0 fully saturated rings. The van der Waals surface area contributed by atoms with Gasteiger partial charge in [0.1, 0.15) is 24.2 Å². The molecule has 2 aromatic carbocycles. The molecular weight excluding hydrogens is 276 g/mol. The Hall–Kier alpha value is -2.00. The summed E-state index contributed by atoms with van der Waals surface area (Å²) in [7, 11) is 0. The minimum absolute atomic E-state index is 0.0821. The molecular formula is C19H24O3. The Balaban J connectivity index is 1.99. The van der Waals surface area contributed by atoms with Crippen LogP contribution in [-0.2, 0) is 5.41 Å². The van der Waals surface area contributed by atoms with E-state index in [1.165, 1.54) is 5.56 Å². The van der Waals surface area contributed by atoms with Gasteiger partial charge in [0, 0.05) is 5.56 Å². The number of phenolic OH excluding ortho intramolecular Hbond substituents is 1. The van der Waals surface area contributed by atoms with Crippen molar-refractivity contribution in [1.29, 1.82) is 0 Å². The van der Waals surface area contributed by atoms with Crippen LogP contribution in [0.2, 0.25) is 0 Å². The molecule has 0 bridgehead atoms. The smallest absolute Gasteiger partial charge is 0.121 e. The van der Waals surface area contributed by atoms with Crippen LogP contribution in [0.3, 0.4) is 0 Å². The summed E-state index contributed by atoms with van der Waals surface area (Å²) in [6.07, 6.45) is 0.215. The molecule has 2 aromatic rings. The first kappa shape index (κ1) is 16.4. The molecule has 118 valence electrons. The fraction of sp³-hybridized carbons (Fsp3) is 0.368. The molecule has 1 unspecified atom stereocenters. The molecule has 22 heavy (non-hydrogen) atoms. The summed E-state index contributed by atoms with van der Waals surface area (Å²) < 4.78 is 5.62. The number of hydrogen-bond acceptors (Lipinski definition) is 3. The summed E-state index contributed by atoms with van der Waals surface area (Å²) in [5, 5.41) is 19.8. The predicted octanol–water partition coefficient (Wildman–Crippen LogP) is 4.19. The summed E-state index contributed by atoms with van der Waals surface area (Å²) in [4.78, 5) is 0. The molecule has 3 heteroatoms. The van der Waals surface area contributed by atoms with Gasteiger partial charge < -0.3 is 14.9 Å². The Kier molecular flexibility index (Phi) is 5.09. The van der Waals surface area contributed by atoms with Crippen molar-refractivity contribution >= 4 is 0 Å². The molecule has 0 aliphatic heterocycles. The highest BCUT2D eigenvalue weighted by atomic mass is 16.5. The van der Waals surface area contributed by atoms with E-state index >= 15 is 0 Å². The van der Waals surface area contributed by atoms with E-state index in [0.717, 1.165) is 6.42 Å². The lowest BCUT2D eigenvalue weighted by molar-refractivity contribution is 0.106. The average Bonchev–Trinajstić information content (AvgIpc) is 2.53. The van der Waals surface area contributed by atoms with E-state index in [4.69, 9.17) is 4.74 Å². The Labute approximate surface area is 132 Å². The number of aliphatic hydroxyl groups excluding tert-OH is 1. The fourth-order valence-corrected chi connectivity index (χ4v) is 2.24. The van der Waals surface area contributed by atoms with Crippen LogP contribution < -0.4 is 4.74 Å². The number of ether oxygens (including phenoxy) is 1. The minimum Gasteiger partial charge on any atom is -0.508 e. The highest BCUT2D eigenvalue weighted by molar-refractivity contribution is 5.34. The SMILES string of the molecule is CCC(C)(C)c1ccc(OCC(O)c2ccccc2O)cc1. The zero-order valence-corrected chi connectivity index (χ0v) is 13.4. The van der Waals surface area contributed by atoms with Crippen LogP contribution in [0.15, 0.2) is 48.5 Å². The van der Waals surface area contributed by atoms with Crippen molar-refractivity contribution in [3.63, 3.8) is 0 Å². The molecule has 2 rings (SSSR count). The van der Waals surface area contributed by atoms with E-state index in [0.29, 0.717) is 11.3 Å². The summed E-state index contributed by atoms with van der Waals surface area (Å²) in [5.41, 5.74) is 1.89. The second-order valence-electron chi connectivity index (χ2n) is 6.15. The van der Waals surface area contributed by atoms with Gasteiger partial charge >= 0.3 is 0 Å². The molecule has 0 radical (unpaired) electrons. The van der Waals surface area contributed by atoms with Crippen LogP contribution >= 0.6 is 0 Å². The second kappa shape index (κ2) is 6.84. The van der Waals surface area contributed by atoms with Gasteiger partial charge in [-0.2, -0.15) is 0 Å². The van der Waals surface area contributed by atoms with Crippen LogP contribution in [0, 0.1) is 0 Å². The summed E-state index contributed by atoms with van der Waals surface area (Å²) >= 11 is 0. The van der Waals surface area contributed by atoms with Crippen LogP contribution in [0.4, 0.5) is 0 Å². The summed E-state index contributed by atoms with van der Waals surface area (Å²) in [6.45, 7) is 6.71. The Morgan fingerprint density at radius 1 is 1.05 bits per heavy atom. The molecule has 0 aromatic heterocycles. The quantitative estimate of drug-likeness (QED) is 0.841. The number of rotatable bonds is 6. The van der Waals surface area contributed by atoms with Crippen LogP contribution in [0.1, 0.15) is 44.4 Å². The molecule has 0 spiro atoms. The van der Waals surface area contributed by atoms with Crippen molar-refractivity contribution in [2.75, 3.05) is 6.61 Å². The van der Waals surface area contributed by atoms with Gasteiger partial charge in [-0.15, -0.1) is 0 Å². The highest BCUT2D eigenvalue weighted by Crippen LogP contribution is 2.29. The summed E-state index contributed by atoms with van der Waals surface area (Å²) in [6, 6.07) is 14.7. The average molecular weight is 300 g/mol. The van der Waals surface area contributed by atoms with Crippen molar-refractivity contribution in [3.05, 3.63) is 59.7 Å². The Bertz CT molecular complexity index is 602. The highest BCUT2D eigenvalue weighted by Gasteiger charge is 2.18. The van der Waals surface area contributed by atoms with E-state index in [1.807, 2.05) is 12.1 Å². The zero-order valence-electron chi connectivity index (χ0n) is 13.4. The number of hydrogen-bond donors (Lipinski definition) is 2. The number of benzene rings is 2. The third kappa shape index (κ3) is 3.80. The maximum Gasteiger partial charge on any atom is 0.121 e. The van der Waals surface area contributed by atoms with Gasteiger partial charge in [0.25, 0.3) is 0 Å². The molecule has 0 saturated carbocycles. The normalized spacial score (nSPS) is 12.9. The molecule has 0 aliphatic carbocycles. The molecule has 3 nitrogen and oxygen atoms in total. The van der Waals surface area contributed by atoms with Crippen molar-refractivity contribution in [1.82, 2.24) is 0 Å². The molecule has 0 saturated heterocycles. The molecule has 1 atom stereocenters. The van der Waals surface area contributed by atoms with Crippen molar-refractivity contribution in [2.45, 2.75) is 38.7 Å². The van der Waals surface area contributed by atoms with Gasteiger partial charge in [-0.3, -0.25) is 0 Å². The predicted molar refractivity (Wildman–Crippen MR) is 88.3 cm³/mol.